The lowest BCUT2D eigenvalue weighted by atomic mass is 10.1. The fourth-order valence-electron chi connectivity index (χ4n) is 3.23. The third kappa shape index (κ3) is 4.56. The molecule has 0 aliphatic rings. The summed E-state index contributed by atoms with van der Waals surface area (Å²) in [6.45, 7) is 3.94. The molecule has 3 aromatic rings. The predicted octanol–water partition coefficient (Wildman–Crippen LogP) is 4.66. The van der Waals surface area contributed by atoms with Crippen molar-refractivity contribution < 1.29 is 18.9 Å². The molecule has 0 fully saturated rings. The van der Waals surface area contributed by atoms with Gasteiger partial charge in [-0.3, -0.25) is 0 Å². The van der Waals surface area contributed by atoms with Gasteiger partial charge in [-0.2, -0.15) is 0 Å². The van der Waals surface area contributed by atoms with Crippen LogP contribution in [-0.2, 0) is 0 Å². The first kappa shape index (κ1) is 21.2. The number of nitrogens with zero attached hydrogens (tertiary/aromatic N) is 2. The average Bonchev–Trinajstić information content (AvgIpc) is 2.77. The van der Waals surface area contributed by atoms with E-state index in [1.54, 1.807) is 28.4 Å². The molecular formula is C23H27N3O4. The highest BCUT2D eigenvalue weighted by atomic mass is 16.5. The molecular weight excluding hydrogens is 382 g/mol. The molecule has 158 valence electrons. The van der Waals surface area contributed by atoms with Crippen LogP contribution in [0.4, 0.5) is 5.82 Å². The van der Waals surface area contributed by atoms with E-state index in [0.29, 0.717) is 23.1 Å². The lowest BCUT2D eigenvalue weighted by Crippen LogP contribution is -2.09. The van der Waals surface area contributed by atoms with Crippen LogP contribution in [0.25, 0.3) is 11.3 Å². The Kier molecular flexibility index (Phi) is 6.61. The highest BCUT2D eigenvalue weighted by molar-refractivity contribution is 5.70. The van der Waals surface area contributed by atoms with Crippen LogP contribution < -0.4 is 24.3 Å². The molecule has 1 N–H and O–H groups in total. The van der Waals surface area contributed by atoms with E-state index in [1.807, 2.05) is 49.4 Å². The van der Waals surface area contributed by atoms with Crippen LogP contribution in [-0.4, -0.2) is 38.4 Å². The lowest BCUT2D eigenvalue weighted by molar-refractivity contribution is 0.324. The van der Waals surface area contributed by atoms with Crippen LogP contribution in [0.2, 0.25) is 0 Å². The number of ether oxygens (including phenoxy) is 4. The first-order valence-corrected chi connectivity index (χ1v) is 9.55. The molecule has 3 rings (SSSR count). The molecule has 1 aromatic heterocycles. The van der Waals surface area contributed by atoms with Crippen molar-refractivity contribution in [2.24, 2.45) is 0 Å². The monoisotopic (exact) mass is 409 g/mol. The van der Waals surface area contributed by atoms with Crippen LogP contribution in [0.3, 0.4) is 0 Å². The molecule has 2 aromatic carbocycles. The van der Waals surface area contributed by atoms with E-state index in [-0.39, 0.29) is 6.04 Å². The highest BCUT2D eigenvalue weighted by Gasteiger charge is 2.16. The summed E-state index contributed by atoms with van der Waals surface area (Å²) < 4.78 is 21.7. The predicted molar refractivity (Wildman–Crippen MR) is 117 cm³/mol. The normalized spacial score (nSPS) is 11.5. The summed E-state index contributed by atoms with van der Waals surface area (Å²) in [6.07, 6.45) is 0. The number of hydrogen-bond donors (Lipinski definition) is 1. The number of nitrogens with one attached hydrogen (secondary N) is 1. The van der Waals surface area contributed by atoms with Crippen molar-refractivity contribution in [3.8, 4) is 34.3 Å². The van der Waals surface area contributed by atoms with Gasteiger partial charge in [0.05, 0.1) is 40.2 Å². The van der Waals surface area contributed by atoms with Gasteiger partial charge in [-0.1, -0.05) is 12.1 Å². The van der Waals surface area contributed by atoms with Crippen molar-refractivity contribution in [3.05, 3.63) is 53.9 Å². The summed E-state index contributed by atoms with van der Waals surface area (Å²) in [5, 5.41) is 3.45. The number of hydrogen-bond acceptors (Lipinski definition) is 7. The summed E-state index contributed by atoms with van der Waals surface area (Å²) in [7, 11) is 6.43. The molecule has 0 radical (unpaired) electrons. The first-order chi connectivity index (χ1) is 14.5. The molecule has 0 saturated heterocycles. The largest absolute Gasteiger partial charge is 0.497 e. The third-order valence-corrected chi connectivity index (χ3v) is 4.76. The van der Waals surface area contributed by atoms with Gasteiger partial charge in [0.1, 0.15) is 17.4 Å². The van der Waals surface area contributed by atoms with Gasteiger partial charge >= 0.3 is 0 Å². The summed E-state index contributed by atoms with van der Waals surface area (Å²) >= 11 is 0. The van der Waals surface area contributed by atoms with Crippen molar-refractivity contribution in [1.29, 1.82) is 0 Å². The van der Waals surface area contributed by atoms with Crippen LogP contribution in [0.5, 0.6) is 23.0 Å². The Balaban J connectivity index is 1.95. The smallest absolute Gasteiger partial charge is 0.203 e. The number of anilines is 1. The van der Waals surface area contributed by atoms with E-state index in [1.165, 1.54) is 0 Å². The Morgan fingerprint density at radius 1 is 0.833 bits per heavy atom. The number of methoxy groups -OCH3 is 4. The average molecular weight is 409 g/mol. The maximum Gasteiger partial charge on any atom is 0.203 e. The van der Waals surface area contributed by atoms with Crippen LogP contribution >= 0.6 is 0 Å². The maximum absolute atomic E-state index is 5.47. The van der Waals surface area contributed by atoms with Crippen molar-refractivity contribution in [1.82, 2.24) is 9.97 Å². The van der Waals surface area contributed by atoms with Crippen molar-refractivity contribution in [2.75, 3.05) is 33.8 Å². The Labute approximate surface area is 177 Å². The summed E-state index contributed by atoms with van der Waals surface area (Å²) in [5.74, 6) is 3.88. The van der Waals surface area contributed by atoms with Gasteiger partial charge in [0.2, 0.25) is 5.75 Å². The van der Waals surface area contributed by atoms with Crippen molar-refractivity contribution in [2.45, 2.75) is 19.9 Å². The molecule has 30 heavy (non-hydrogen) atoms. The minimum absolute atomic E-state index is 0.0298. The van der Waals surface area contributed by atoms with E-state index < -0.39 is 0 Å². The Bertz CT molecular complexity index is 998. The first-order valence-electron chi connectivity index (χ1n) is 9.55. The number of aryl methyl sites for hydroxylation is 1. The molecule has 0 unspecified atom stereocenters. The Morgan fingerprint density at radius 3 is 2.13 bits per heavy atom. The standard InChI is InChI=1S/C23H27N3O4/c1-14(16-8-7-9-18(10-16)27-3)24-22-13-19(25-15(2)26-22)17-11-20(28-4)23(30-6)21(12-17)29-5/h7-14H,1-6H3,(H,24,25,26)/t14-/m0/s1. The third-order valence-electron chi connectivity index (χ3n) is 4.76. The quantitative estimate of drug-likeness (QED) is 0.580. The van der Waals surface area contributed by atoms with Gasteiger partial charge in [0.25, 0.3) is 0 Å². The van der Waals surface area contributed by atoms with Crippen LogP contribution in [0, 0.1) is 6.92 Å². The van der Waals surface area contributed by atoms with Gasteiger partial charge in [0.15, 0.2) is 11.5 Å². The van der Waals surface area contributed by atoms with Gasteiger partial charge in [-0.15, -0.1) is 0 Å². The highest BCUT2D eigenvalue weighted by Crippen LogP contribution is 2.41. The summed E-state index contributed by atoms with van der Waals surface area (Å²) in [6, 6.07) is 13.6. The fraction of sp³-hybridized carbons (Fsp3) is 0.304. The zero-order valence-electron chi connectivity index (χ0n) is 18.1. The van der Waals surface area contributed by atoms with E-state index in [2.05, 4.69) is 22.2 Å². The maximum atomic E-state index is 5.47. The van der Waals surface area contributed by atoms with Gasteiger partial charge < -0.3 is 24.3 Å². The van der Waals surface area contributed by atoms with Gasteiger partial charge in [-0.25, -0.2) is 9.97 Å². The second-order valence-electron chi connectivity index (χ2n) is 6.74. The van der Waals surface area contributed by atoms with Crippen molar-refractivity contribution in [3.63, 3.8) is 0 Å². The molecule has 7 heteroatoms. The molecule has 0 bridgehead atoms. The lowest BCUT2D eigenvalue weighted by Gasteiger charge is -2.17. The number of rotatable bonds is 8. The van der Waals surface area contributed by atoms with Gasteiger partial charge in [-0.05, 0) is 43.7 Å². The van der Waals surface area contributed by atoms with Gasteiger partial charge in [0, 0.05) is 11.6 Å². The summed E-state index contributed by atoms with van der Waals surface area (Å²) in [4.78, 5) is 9.14. The van der Waals surface area contributed by atoms with Crippen molar-refractivity contribution >= 4 is 5.82 Å². The van der Waals surface area contributed by atoms with E-state index in [0.717, 1.165) is 28.4 Å². The van der Waals surface area contributed by atoms with E-state index in [9.17, 15) is 0 Å². The molecule has 1 heterocycles. The van der Waals surface area contributed by atoms with Crippen LogP contribution in [0.15, 0.2) is 42.5 Å². The second kappa shape index (κ2) is 9.35. The summed E-state index contributed by atoms with van der Waals surface area (Å²) in [5.41, 5.74) is 2.69. The molecule has 0 aliphatic carbocycles. The Morgan fingerprint density at radius 2 is 1.53 bits per heavy atom. The zero-order valence-corrected chi connectivity index (χ0v) is 18.1. The molecule has 0 saturated carbocycles. The van der Waals surface area contributed by atoms with Crippen LogP contribution in [0.1, 0.15) is 24.4 Å². The zero-order chi connectivity index (χ0) is 21.7. The van der Waals surface area contributed by atoms with E-state index in [4.69, 9.17) is 18.9 Å². The Hall–Kier alpha value is -3.48. The number of aromatic nitrogens is 2. The van der Waals surface area contributed by atoms with E-state index >= 15 is 0 Å². The fourth-order valence-corrected chi connectivity index (χ4v) is 3.23. The molecule has 0 amide bonds. The molecule has 1 atom stereocenters. The molecule has 7 nitrogen and oxygen atoms in total. The molecule has 0 spiro atoms. The minimum atomic E-state index is 0.0298. The molecule has 0 aliphatic heterocycles. The number of benzene rings is 2. The topological polar surface area (TPSA) is 74.7 Å². The second-order valence-corrected chi connectivity index (χ2v) is 6.74. The SMILES string of the molecule is COc1cccc([C@H](C)Nc2cc(-c3cc(OC)c(OC)c(OC)c3)nc(C)n2)c1. The minimum Gasteiger partial charge on any atom is -0.497 e.